The first-order valence-electron chi connectivity index (χ1n) is 14.6. The Morgan fingerprint density at radius 2 is 1.82 bits per heavy atom. The predicted octanol–water partition coefficient (Wildman–Crippen LogP) is 5.05. The Labute approximate surface area is 226 Å². The molecule has 1 aliphatic heterocycles. The van der Waals surface area contributed by atoms with E-state index >= 15 is 0 Å². The van der Waals surface area contributed by atoms with Crippen LogP contribution in [0.3, 0.4) is 0 Å². The van der Waals surface area contributed by atoms with Crippen LogP contribution in [0.25, 0.3) is 0 Å². The van der Waals surface area contributed by atoms with E-state index in [9.17, 15) is 19.2 Å². The summed E-state index contributed by atoms with van der Waals surface area (Å²) in [5.41, 5.74) is -0.474. The molecule has 11 atom stereocenters. The Bertz CT molecular complexity index is 1050. The molecule has 0 aromatic heterocycles. The fourth-order valence-corrected chi connectivity index (χ4v) is 9.56. The molecule has 1 heterocycles. The maximum absolute atomic E-state index is 14.1. The first-order chi connectivity index (χ1) is 17.9. The van der Waals surface area contributed by atoms with Gasteiger partial charge in [0.15, 0.2) is 11.5 Å². The Hall–Kier alpha value is -2.18. The second kappa shape index (κ2) is 9.78. The lowest BCUT2D eigenvalue weighted by molar-refractivity contribution is -0.168. The number of rotatable bonds is 4. The molecule has 0 bridgehead atoms. The molecule has 38 heavy (non-hydrogen) atoms. The van der Waals surface area contributed by atoms with Gasteiger partial charge in [0.2, 0.25) is 0 Å². The highest BCUT2D eigenvalue weighted by Crippen LogP contribution is 2.68. The van der Waals surface area contributed by atoms with Crippen molar-refractivity contribution >= 4 is 23.5 Å². The van der Waals surface area contributed by atoms with Crippen molar-refractivity contribution in [1.82, 2.24) is 0 Å². The molecule has 0 amide bonds. The number of Topliss-reactive ketones (excluding diaryl/α,β-unsaturated/α-hetero) is 2. The molecule has 0 aromatic rings. The van der Waals surface area contributed by atoms with E-state index in [4.69, 9.17) is 14.2 Å². The van der Waals surface area contributed by atoms with Crippen LogP contribution in [0.4, 0.5) is 0 Å². The molecular formula is C31H44O7. The van der Waals surface area contributed by atoms with Gasteiger partial charge in [-0.25, -0.2) is 0 Å². The van der Waals surface area contributed by atoms with Gasteiger partial charge in [0.05, 0.1) is 6.61 Å². The number of carbonyl (C=O) groups is 4. The van der Waals surface area contributed by atoms with Crippen molar-refractivity contribution in [2.45, 2.75) is 98.7 Å². The molecule has 1 saturated heterocycles. The Morgan fingerprint density at radius 1 is 1.08 bits per heavy atom. The van der Waals surface area contributed by atoms with Crippen LogP contribution in [0, 0.1) is 52.3 Å². The number of esters is 2. The van der Waals surface area contributed by atoms with Gasteiger partial charge in [-0.1, -0.05) is 27.7 Å². The van der Waals surface area contributed by atoms with E-state index in [0.717, 1.165) is 38.5 Å². The summed E-state index contributed by atoms with van der Waals surface area (Å²) < 4.78 is 17.1. The van der Waals surface area contributed by atoms with E-state index in [-0.39, 0.29) is 65.6 Å². The van der Waals surface area contributed by atoms with E-state index in [2.05, 4.69) is 13.8 Å². The van der Waals surface area contributed by atoms with Crippen LogP contribution in [0.15, 0.2) is 11.8 Å². The highest BCUT2D eigenvalue weighted by molar-refractivity contribution is 5.97. The quantitative estimate of drug-likeness (QED) is 0.372. The number of allylic oxidation sites excluding steroid dienone is 1. The summed E-state index contributed by atoms with van der Waals surface area (Å²) in [4.78, 5) is 50.3. The number of hydrogen-bond donors (Lipinski definition) is 0. The fraction of sp³-hybridized carbons (Fsp3) is 0.806. The van der Waals surface area contributed by atoms with Crippen LogP contribution in [-0.4, -0.2) is 42.3 Å². The lowest BCUT2D eigenvalue weighted by Crippen LogP contribution is -2.58. The number of hydrogen-bond acceptors (Lipinski definition) is 7. The van der Waals surface area contributed by atoms with Crippen LogP contribution in [0.2, 0.25) is 0 Å². The Morgan fingerprint density at radius 3 is 2.50 bits per heavy atom. The Balaban J connectivity index is 1.38. The average Bonchev–Trinajstić information content (AvgIpc) is 3.15. The molecule has 4 saturated carbocycles. The average molecular weight is 529 g/mol. The zero-order chi connectivity index (χ0) is 27.6. The first kappa shape index (κ1) is 27.4. The zero-order valence-electron chi connectivity index (χ0n) is 23.8. The van der Waals surface area contributed by atoms with Crippen LogP contribution in [0.5, 0.6) is 0 Å². The molecule has 0 N–H and O–H groups in total. The summed E-state index contributed by atoms with van der Waals surface area (Å²) >= 11 is 0. The van der Waals surface area contributed by atoms with Crippen molar-refractivity contribution in [3.05, 3.63) is 11.8 Å². The SMILES string of the molecule is CC(=O)OC[C@H](C)/C=C1\O[C@H]2C[C@H]3[C@@H]4CC[C@H]5C[C@@H](OC(C)=O)CC[C@]5(C)[C@H]4CC(=O)[C@]3(C)[C@H]2[C@H](C)C1=O. The zero-order valence-corrected chi connectivity index (χ0v) is 23.8. The van der Waals surface area contributed by atoms with Gasteiger partial charge in [-0.15, -0.1) is 0 Å². The minimum Gasteiger partial charge on any atom is -0.487 e. The van der Waals surface area contributed by atoms with Gasteiger partial charge in [-0.2, -0.15) is 0 Å². The Kier molecular flexibility index (Phi) is 7.05. The second-order valence-electron chi connectivity index (χ2n) is 13.5. The summed E-state index contributed by atoms with van der Waals surface area (Å²) in [6.07, 6.45) is 7.94. The molecule has 5 fully saturated rings. The largest absolute Gasteiger partial charge is 0.487 e. The van der Waals surface area contributed by atoms with Gasteiger partial charge in [0.25, 0.3) is 0 Å². The van der Waals surface area contributed by atoms with E-state index in [1.54, 1.807) is 6.08 Å². The van der Waals surface area contributed by atoms with Crippen molar-refractivity contribution in [2.24, 2.45) is 52.3 Å². The van der Waals surface area contributed by atoms with Crippen LogP contribution < -0.4 is 0 Å². The van der Waals surface area contributed by atoms with Gasteiger partial charge in [0, 0.05) is 43.4 Å². The summed E-state index contributed by atoms with van der Waals surface area (Å²) in [6, 6.07) is 0. The fourth-order valence-electron chi connectivity index (χ4n) is 9.56. The van der Waals surface area contributed by atoms with Crippen LogP contribution in [0.1, 0.15) is 86.5 Å². The minimum absolute atomic E-state index is 0.00487. The molecule has 0 unspecified atom stereocenters. The monoisotopic (exact) mass is 528 g/mol. The van der Waals surface area contributed by atoms with Crippen molar-refractivity contribution in [3.8, 4) is 0 Å². The predicted molar refractivity (Wildman–Crippen MR) is 139 cm³/mol. The summed E-state index contributed by atoms with van der Waals surface area (Å²) in [6.45, 7) is 11.4. The smallest absolute Gasteiger partial charge is 0.302 e. The third-order valence-electron chi connectivity index (χ3n) is 11.4. The lowest BCUT2D eigenvalue weighted by Gasteiger charge is -2.60. The molecule has 0 radical (unpaired) electrons. The molecule has 7 nitrogen and oxygen atoms in total. The summed E-state index contributed by atoms with van der Waals surface area (Å²) in [5, 5.41) is 0. The standard InChI is InChI=1S/C31H44O7/c1-16(15-36-18(3)32)11-26-29(35)17(2)28-25(38-26)13-24-22-8-7-20-12-21(37-19(4)33)9-10-30(20,5)23(22)14-27(34)31(24,28)6/h11,16-17,20-25,28H,7-10,12-15H2,1-6H3/b26-11-/t16-,17+,20+,21+,22-,23+,24+,25+,28+,30+,31-/m1/s1. The van der Waals surface area contributed by atoms with E-state index in [1.165, 1.54) is 13.8 Å². The molecule has 210 valence electrons. The van der Waals surface area contributed by atoms with E-state index < -0.39 is 5.41 Å². The van der Waals surface area contributed by atoms with Crippen molar-refractivity contribution in [2.75, 3.05) is 6.61 Å². The van der Waals surface area contributed by atoms with Gasteiger partial charge >= 0.3 is 11.9 Å². The molecule has 0 aromatic carbocycles. The highest BCUT2D eigenvalue weighted by atomic mass is 16.5. The van der Waals surface area contributed by atoms with Crippen LogP contribution >= 0.6 is 0 Å². The molecule has 5 rings (SSSR count). The number of ketones is 2. The van der Waals surface area contributed by atoms with Crippen LogP contribution in [-0.2, 0) is 33.4 Å². The van der Waals surface area contributed by atoms with Crippen molar-refractivity contribution in [3.63, 3.8) is 0 Å². The highest BCUT2D eigenvalue weighted by Gasteiger charge is 2.68. The molecule has 7 heteroatoms. The molecule has 5 aliphatic rings. The maximum Gasteiger partial charge on any atom is 0.302 e. The normalized spacial score (nSPS) is 45.7. The van der Waals surface area contributed by atoms with Gasteiger partial charge in [0.1, 0.15) is 18.0 Å². The van der Waals surface area contributed by atoms with Crippen molar-refractivity contribution < 1.29 is 33.4 Å². The topological polar surface area (TPSA) is 96.0 Å². The maximum atomic E-state index is 14.1. The van der Waals surface area contributed by atoms with Gasteiger partial charge in [-0.05, 0) is 73.7 Å². The lowest BCUT2D eigenvalue weighted by atomic mass is 9.44. The number of ether oxygens (including phenoxy) is 3. The number of fused-ring (bicyclic) bond motifs is 7. The third kappa shape index (κ3) is 4.32. The molecule has 0 spiro atoms. The van der Waals surface area contributed by atoms with Gasteiger partial charge < -0.3 is 14.2 Å². The van der Waals surface area contributed by atoms with E-state index in [0.29, 0.717) is 35.7 Å². The minimum atomic E-state index is -0.548. The first-order valence-corrected chi connectivity index (χ1v) is 14.6. The van der Waals surface area contributed by atoms with Crippen molar-refractivity contribution in [1.29, 1.82) is 0 Å². The molecule has 4 aliphatic carbocycles. The molecular weight excluding hydrogens is 484 g/mol. The number of carbonyl (C=O) groups excluding carboxylic acids is 4. The van der Waals surface area contributed by atoms with Gasteiger partial charge in [-0.3, -0.25) is 19.2 Å². The third-order valence-corrected chi connectivity index (χ3v) is 11.4. The summed E-state index contributed by atoms with van der Waals surface area (Å²) in [5.74, 6) is 0.984. The second-order valence-corrected chi connectivity index (χ2v) is 13.5. The summed E-state index contributed by atoms with van der Waals surface area (Å²) in [7, 11) is 0. The van der Waals surface area contributed by atoms with E-state index in [1.807, 2.05) is 13.8 Å².